The highest BCUT2D eigenvalue weighted by molar-refractivity contribution is 7.12. The maximum Gasteiger partial charge on any atom is 0.186 e. The van der Waals surface area contributed by atoms with Crippen LogP contribution in [0.25, 0.3) is 0 Å². The molecule has 0 spiro atoms. The minimum absolute atomic E-state index is 0.219. The summed E-state index contributed by atoms with van der Waals surface area (Å²) in [6.07, 6.45) is 0.444. The van der Waals surface area contributed by atoms with Crippen LogP contribution in [0.3, 0.4) is 0 Å². The standard InChI is InChI=1S/C12H17NO2S/c1-9-6-13(7-10(2)15-9)8-11(14)12-4-3-5-16-12/h3-5,9-10H,6-8H2,1-2H3/t9-,10-/m0/s1. The molecule has 1 aliphatic rings. The van der Waals surface area contributed by atoms with E-state index in [9.17, 15) is 4.79 Å². The van der Waals surface area contributed by atoms with Crippen LogP contribution in [0.1, 0.15) is 23.5 Å². The monoisotopic (exact) mass is 239 g/mol. The SMILES string of the molecule is C[C@H]1CN(CC(=O)c2cccs2)C[C@H](C)O1. The molecule has 3 nitrogen and oxygen atoms in total. The maximum atomic E-state index is 11.9. The van der Waals surface area contributed by atoms with Crippen LogP contribution < -0.4 is 0 Å². The summed E-state index contributed by atoms with van der Waals surface area (Å²) in [7, 11) is 0. The predicted octanol–water partition coefficient (Wildman–Crippen LogP) is 2.04. The Morgan fingerprint density at radius 2 is 2.19 bits per heavy atom. The molecule has 1 aromatic rings. The molecule has 0 aromatic carbocycles. The first-order valence-electron chi connectivity index (χ1n) is 5.59. The molecule has 1 aromatic heterocycles. The number of ketones is 1. The Kier molecular flexibility index (Phi) is 3.74. The molecule has 16 heavy (non-hydrogen) atoms. The van der Waals surface area contributed by atoms with Crippen LogP contribution in [0.4, 0.5) is 0 Å². The van der Waals surface area contributed by atoms with Gasteiger partial charge in [-0.15, -0.1) is 11.3 Å². The highest BCUT2D eigenvalue weighted by Gasteiger charge is 2.24. The van der Waals surface area contributed by atoms with Crippen molar-refractivity contribution in [2.24, 2.45) is 0 Å². The second-order valence-corrected chi connectivity index (χ2v) is 5.30. The third-order valence-electron chi connectivity index (χ3n) is 2.66. The first-order valence-corrected chi connectivity index (χ1v) is 6.47. The predicted molar refractivity (Wildman–Crippen MR) is 65.1 cm³/mol. The van der Waals surface area contributed by atoms with Crippen LogP contribution in [0.2, 0.25) is 0 Å². The topological polar surface area (TPSA) is 29.5 Å². The van der Waals surface area contributed by atoms with Crippen LogP contribution in [0.5, 0.6) is 0 Å². The zero-order chi connectivity index (χ0) is 11.5. The minimum atomic E-state index is 0.219. The molecular weight excluding hydrogens is 222 g/mol. The summed E-state index contributed by atoms with van der Waals surface area (Å²) < 4.78 is 5.64. The number of nitrogens with zero attached hydrogens (tertiary/aromatic N) is 1. The molecule has 88 valence electrons. The number of hydrogen-bond donors (Lipinski definition) is 0. The van der Waals surface area contributed by atoms with Gasteiger partial charge < -0.3 is 4.74 Å². The van der Waals surface area contributed by atoms with E-state index in [0.29, 0.717) is 6.54 Å². The van der Waals surface area contributed by atoms with Crippen molar-refractivity contribution in [3.63, 3.8) is 0 Å². The fourth-order valence-corrected chi connectivity index (χ4v) is 2.79. The largest absolute Gasteiger partial charge is 0.373 e. The van der Waals surface area contributed by atoms with Gasteiger partial charge in [0.1, 0.15) is 0 Å². The summed E-state index contributed by atoms with van der Waals surface area (Å²) in [6.45, 7) is 6.32. The molecule has 2 heterocycles. The van der Waals surface area contributed by atoms with Gasteiger partial charge in [0, 0.05) is 13.1 Å². The average molecular weight is 239 g/mol. The molecule has 0 saturated carbocycles. The van der Waals surface area contributed by atoms with Crippen LogP contribution >= 0.6 is 11.3 Å². The Labute approximate surface area is 100 Å². The van der Waals surface area contributed by atoms with E-state index in [-0.39, 0.29) is 18.0 Å². The number of carbonyl (C=O) groups is 1. The molecular formula is C12H17NO2S. The van der Waals surface area contributed by atoms with E-state index in [1.165, 1.54) is 11.3 Å². The summed E-state index contributed by atoms with van der Waals surface area (Å²) in [5.41, 5.74) is 0. The molecule has 0 aliphatic carbocycles. The Morgan fingerprint density at radius 3 is 2.75 bits per heavy atom. The molecule has 1 aliphatic heterocycles. The van der Waals surface area contributed by atoms with Crippen LogP contribution in [-0.2, 0) is 4.74 Å². The lowest BCUT2D eigenvalue weighted by Gasteiger charge is -2.34. The molecule has 1 fully saturated rings. The van der Waals surface area contributed by atoms with E-state index < -0.39 is 0 Å². The smallest absolute Gasteiger partial charge is 0.186 e. The Balaban J connectivity index is 1.92. The van der Waals surface area contributed by atoms with Crippen LogP contribution in [0, 0.1) is 0 Å². The number of hydrogen-bond acceptors (Lipinski definition) is 4. The molecule has 0 amide bonds. The number of carbonyl (C=O) groups excluding carboxylic acids is 1. The minimum Gasteiger partial charge on any atom is -0.373 e. The zero-order valence-corrected chi connectivity index (χ0v) is 10.5. The highest BCUT2D eigenvalue weighted by atomic mass is 32.1. The van der Waals surface area contributed by atoms with Gasteiger partial charge in [-0.25, -0.2) is 0 Å². The summed E-state index contributed by atoms with van der Waals surface area (Å²) in [6, 6.07) is 3.81. The summed E-state index contributed by atoms with van der Waals surface area (Å²) in [5, 5.41) is 1.94. The number of Topliss-reactive ketones (excluding diaryl/α,β-unsaturated/α-hetero) is 1. The summed E-state index contributed by atoms with van der Waals surface area (Å²) in [5.74, 6) is 0.219. The molecule has 0 N–H and O–H groups in total. The second-order valence-electron chi connectivity index (χ2n) is 4.35. The Morgan fingerprint density at radius 1 is 1.50 bits per heavy atom. The van der Waals surface area contributed by atoms with E-state index in [0.717, 1.165) is 18.0 Å². The van der Waals surface area contributed by atoms with Crippen molar-refractivity contribution < 1.29 is 9.53 Å². The molecule has 4 heteroatoms. The molecule has 1 saturated heterocycles. The van der Waals surface area contributed by atoms with E-state index in [4.69, 9.17) is 4.74 Å². The van der Waals surface area contributed by atoms with Crippen molar-refractivity contribution in [2.75, 3.05) is 19.6 Å². The van der Waals surface area contributed by atoms with E-state index in [2.05, 4.69) is 18.7 Å². The van der Waals surface area contributed by atoms with Gasteiger partial charge in [0.2, 0.25) is 0 Å². The van der Waals surface area contributed by atoms with Crippen molar-refractivity contribution in [2.45, 2.75) is 26.1 Å². The van der Waals surface area contributed by atoms with E-state index in [1.54, 1.807) is 0 Å². The van der Waals surface area contributed by atoms with Gasteiger partial charge in [-0.05, 0) is 25.3 Å². The summed E-state index contributed by atoms with van der Waals surface area (Å²) >= 11 is 1.51. The lowest BCUT2D eigenvalue weighted by atomic mass is 10.2. The summed E-state index contributed by atoms with van der Waals surface area (Å²) in [4.78, 5) is 15.0. The molecule has 2 rings (SSSR count). The lowest BCUT2D eigenvalue weighted by Crippen LogP contribution is -2.47. The normalized spacial score (nSPS) is 26.9. The number of thiophene rings is 1. The van der Waals surface area contributed by atoms with Gasteiger partial charge in [0.15, 0.2) is 5.78 Å². The number of ether oxygens (including phenoxy) is 1. The van der Waals surface area contributed by atoms with Gasteiger partial charge in [0.25, 0.3) is 0 Å². The van der Waals surface area contributed by atoms with Crippen molar-refractivity contribution in [1.29, 1.82) is 0 Å². The van der Waals surface area contributed by atoms with Crippen molar-refractivity contribution in [1.82, 2.24) is 4.90 Å². The van der Waals surface area contributed by atoms with Crippen LogP contribution in [-0.4, -0.2) is 42.5 Å². The molecule has 0 bridgehead atoms. The average Bonchev–Trinajstić information content (AvgIpc) is 2.68. The Hall–Kier alpha value is -0.710. The third-order valence-corrected chi connectivity index (χ3v) is 3.57. The maximum absolute atomic E-state index is 11.9. The van der Waals surface area contributed by atoms with Gasteiger partial charge in [-0.1, -0.05) is 6.07 Å². The van der Waals surface area contributed by atoms with Gasteiger partial charge >= 0.3 is 0 Å². The lowest BCUT2D eigenvalue weighted by molar-refractivity contribution is -0.0652. The third kappa shape index (κ3) is 2.90. The zero-order valence-electron chi connectivity index (χ0n) is 9.68. The number of rotatable bonds is 3. The molecule has 2 atom stereocenters. The Bertz CT molecular complexity index is 340. The van der Waals surface area contributed by atoms with Crippen molar-refractivity contribution >= 4 is 17.1 Å². The van der Waals surface area contributed by atoms with Gasteiger partial charge in [-0.2, -0.15) is 0 Å². The van der Waals surface area contributed by atoms with Crippen molar-refractivity contribution in [3.8, 4) is 0 Å². The fourth-order valence-electron chi connectivity index (χ4n) is 2.13. The quantitative estimate of drug-likeness (QED) is 0.756. The van der Waals surface area contributed by atoms with E-state index in [1.807, 2.05) is 17.5 Å². The second kappa shape index (κ2) is 5.08. The van der Waals surface area contributed by atoms with Crippen LogP contribution in [0.15, 0.2) is 17.5 Å². The first kappa shape index (κ1) is 11.8. The van der Waals surface area contributed by atoms with E-state index >= 15 is 0 Å². The number of morpholine rings is 1. The van der Waals surface area contributed by atoms with Gasteiger partial charge in [-0.3, -0.25) is 9.69 Å². The van der Waals surface area contributed by atoms with Crippen molar-refractivity contribution in [3.05, 3.63) is 22.4 Å². The molecule has 0 radical (unpaired) electrons. The fraction of sp³-hybridized carbons (Fsp3) is 0.583. The van der Waals surface area contributed by atoms with Gasteiger partial charge in [0.05, 0.1) is 23.6 Å². The molecule has 0 unspecified atom stereocenters. The first-order chi connectivity index (χ1) is 7.65. The highest BCUT2D eigenvalue weighted by Crippen LogP contribution is 2.14.